The van der Waals surface area contributed by atoms with Crippen molar-refractivity contribution >= 4 is 17.4 Å². The number of nitrogens with zero attached hydrogens (tertiary/aromatic N) is 2. The first-order valence-corrected chi connectivity index (χ1v) is 7.25. The van der Waals surface area contributed by atoms with Gasteiger partial charge in [-0.2, -0.15) is 0 Å². The Balaban J connectivity index is 2.12. The molecule has 3 unspecified atom stereocenters. The second kappa shape index (κ2) is 5.87. The lowest BCUT2D eigenvalue weighted by Crippen LogP contribution is -2.33. The molecule has 0 spiro atoms. The fraction of sp³-hybridized carbons (Fsp3) is 0.714. The molecule has 1 aromatic rings. The minimum atomic E-state index is 0.512. The van der Waals surface area contributed by atoms with Gasteiger partial charge < -0.3 is 5.32 Å². The van der Waals surface area contributed by atoms with Crippen molar-refractivity contribution in [2.75, 3.05) is 5.32 Å². The second-order valence-corrected chi connectivity index (χ2v) is 5.85. The maximum absolute atomic E-state index is 6.12. The van der Waals surface area contributed by atoms with Gasteiger partial charge in [-0.15, -0.1) is 0 Å². The summed E-state index contributed by atoms with van der Waals surface area (Å²) in [7, 11) is 0. The molecule has 1 aliphatic rings. The van der Waals surface area contributed by atoms with E-state index in [-0.39, 0.29) is 0 Å². The van der Waals surface area contributed by atoms with Gasteiger partial charge in [0.05, 0.1) is 0 Å². The van der Waals surface area contributed by atoms with E-state index >= 15 is 0 Å². The lowest BCUT2D eigenvalue weighted by molar-refractivity contribution is 0.276. The molecule has 0 aromatic carbocycles. The Bertz CT molecular complexity index is 408. The van der Waals surface area contributed by atoms with Crippen LogP contribution in [0.2, 0.25) is 5.15 Å². The quantitative estimate of drug-likeness (QED) is 0.844. The molecule has 1 heterocycles. The van der Waals surface area contributed by atoms with Gasteiger partial charge in [0, 0.05) is 11.6 Å². The van der Waals surface area contributed by atoms with E-state index < -0.39 is 0 Å². The Kier molecular flexibility index (Phi) is 4.44. The van der Waals surface area contributed by atoms with Crippen molar-refractivity contribution in [3.05, 3.63) is 17.0 Å². The molecule has 1 aromatic heterocycles. The average Bonchev–Trinajstić information content (AvgIpc) is 2.33. The molecule has 3 nitrogen and oxygen atoms in total. The van der Waals surface area contributed by atoms with Crippen LogP contribution < -0.4 is 5.32 Å². The number of rotatable bonds is 3. The van der Waals surface area contributed by atoms with E-state index in [0.29, 0.717) is 17.1 Å². The summed E-state index contributed by atoms with van der Waals surface area (Å²) in [5, 5.41) is 4.15. The van der Waals surface area contributed by atoms with Gasteiger partial charge in [-0.3, -0.25) is 0 Å². The van der Waals surface area contributed by atoms with Gasteiger partial charge in [0.15, 0.2) is 0 Å². The van der Waals surface area contributed by atoms with Gasteiger partial charge in [-0.1, -0.05) is 32.4 Å². The summed E-state index contributed by atoms with van der Waals surface area (Å²) in [6.45, 7) is 6.75. The molecule has 3 atom stereocenters. The fourth-order valence-corrected chi connectivity index (χ4v) is 3.15. The molecule has 100 valence electrons. The van der Waals surface area contributed by atoms with Crippen LogP contribution in [0.1, 0.15) is 45.6 Å². The van der Waals surface area contributed by atoms with Gasteiger partial charge in [-0.25, -0.2) is 9.97 Å². The number of halogens is 1. The van der Waals surface area contributed by atoms with Crippen LogP contribution in [0, 0.1) is 11.8 Å². The highest BCUT2D eigenvalue weighted by Crippen LogP contribution is 2.31. The van der Waals surface area contributed by atoms with Crippen molar-refractivity contribution < 1.29 is 0 Å². The summed E-state index contributed by atoms with van der Waals surface area (Å²) in [5.74, 6) is 2.45. The minimum Gasteiger partial charge on any atom is -0.367 e. The first-order chi connectivity index (χ1) is 8.61. The van der Waals surface area contributed by atoms with E-state index in [0.717, 1.165) is 23.7 Å². The van der Waals surface area contributed by atoms with E-state index in [4.69, 9.17) is 11.6 Å². The number of anilines is 1. The number of nitrogens with one attached hydrogen (secondary N) is 1. The Morgan fingerprint density at radius 3 is 2.78 bits per heavy atom. The van der Waals surface area contributed by atoms with Crippen LogP contribution in [0.4, 0.5) is 5.82 Å². The zero-order valence-corrected chi connectivity index (χ0v) is 12.2. The predicted octanol–water partition coefficient (Wildman–Crippen LogP) is 3.93. The lowest BCUT2D eigenvalue weighted by Gasteiger charge is -2.33. The monoisotopic (exact) mass is 267 g/mol. The topological polar surface area (TPSA) is 37.8 Å². The molecule has 1 saturated carbocycles. The van der Waals surface area contributed by atoms with Crippen LogP contribution in [-0.4, -0.2) is 16.0 Å². The van der Waals surface area contributed by atoms with Crippen LogP contribution in [0.25, 0.3) is 0 Å². The predicted molar refractivity (Wildman–Crippen MR) is 76.0 cm³/mol. The molecule has 0 radical (unpaired) electrons. The van der Waals surface area contributed by atoms with E-state index in [9.17, 15) is 0 Å². The Hall–Kier alpha value is -0.830. The van der Waals surface area contributed by atoms with Crippen molar-refractivity contribution in [1.82, 2.24) is 9.97 Å². The summed E-state index contributed by atoms with van der Waals surface area (Å²) in [4.78, 5) is 8.40. The number of hydrogen-bond donors (Lipinski definition) is 1. The highest BCUT2D eigenvalue weighted by Gasteiger charge is 2.26. The van der Waals surface area contributed by atoms with Gasteiger partial charge >= 0.3 is 0 Å². The maximum Gasteiger partial charge on any atom is 0.137 e. The summed E-state index contributed by atoms with van der Waals surface area (Å²) in [6, 6.07) is 0.512. The first kappa shape index (κ1) is 13.6. The van der Waals surface area contributed by atoms with Crippen LogP contribution in [0.5, 0.6) is 0 Å². The maximum atomic E-state index is 6.12. The van der Waals surface area contributed by atoms with E-state index in [1.807, 2.05) is 0 Å². The van der Waals surface area contributed by atoms with Gasteiger partial charge in [0.1, 0.15) is 17.3 Å². The third-order valence-electron chi connectivity index (χ3n) is 4.00. The van der Waals surface area contributed by atoms with Crippen molar-refractivity contribution in [3.63, 3.8) is 0 Å². The summed E-state index contributed by atoms with van der Waals surface area (Å²) >= 11 is 6.12. The highest BCUT2D eigenvalue weighted by molar-refractivity contribution is 6.30. The van der Waals surface area contributed by atoms with Crippen molar-refractivity contribution in [3.8, 4) is 0 Å². The van der Waals surface area contributed by atoms with Crippen LogP contribution in [0.15, 0.2) is 6.33 Å². The molecule has 4 heteroatoms. The number of hydrogen-bond acceptors (Lipinski definition) is 3. The Labute approximate surface area is 114 Å². The first-order valence-electron chi connectivity index (χ1n) is 6.87. The number of aromatic nitrogens is 2. The highest BCUT2D eigenvalue weighted by atomic mass is 35.5. The van der Waals surface area contributed by atoms with Crippen LogP contribution >= 0.6 is 11.6 Å². The fourth-order valence-electron chi connectivity index (χ4n) is 2.88. The van der Waals surface area contributed by atoms with Crippen LogP contribution in [-0.2, 0) is 6.42 Å². The smallest absolute Gasteiger partial charge is 0.137 e. The molecule has 1 N–H and O–H groups in total. The second-order valence-electron chi connectivity index (χ2n) is 5.49. The Morgan fingerprint density at radius 1 is 1.33 bits per heavy atom. The normalized spacial score (nSPS) is 28.1. The summed E-state index contributed by atoms with van der Waals surface area (Å²) < 4.78 is 0. The lowest BCUT2D eigenvalue weighted by atomic mass is 9.80. The van der Waals surface area contributed by atoms with E-state index in [2.05, 4.69) is 36.1 Å². The minimum absolute atomic E-state index is 0.512. The molecular weight excluding hydrogens is 246 g/mol. The van der Waals surface area contributed by atoms with Crippen molar-refractivity contribution in [2.45, 2.75) is 52.5 Å². The van der Waals surface area contributed by atoms with Gasteiger partial charge in [0.2, 0.25) is 0 Å². The zero-order valence-electron chi connectivity index (χ0n) is 11.4. The molecular formula is C14H22ClN3. The third kappa shape index (κ3) is 2.94. The molecule has 0 aliphatic heterocycles. The van der Waals surface area contributed by atoms with Gasteiger partial charge in [-0.05, 0) is 37.5 Å². The summed E-state index contributed by atoms with van der Waals surface area (Å²) in [6.07, 6.45) is 6.20. The molecule has 0 amide bonds. The van der Waals surface area contributed by atoms with Crippen molar-refractivity contribution in [2.24, 2.45) is 11.8 Å². The average molecular weight is 268 g/mol. The molecule has 2 rings (SSSR count). The van der Waals surface area contributed by atoms with E-state index in [1.54, 1.807) is 6.33 Å². The largest absolute Gasteiger partial charge is 0.367 e. The SMILES string of the molecule is CCc1c(Cl)ncnc1NC1CCC(C)CC1C. The van der Waals surface area contributed by atoms with E-state index in [1.165, 1.54) is 19.3 Å². The molecule has 1 fully saturated rings. The van der Waals surface area contributed by atoms with Crippen molar-refractivity contribution in [1.29, 1.82) is 0 Å². The third-order valence-corrected chi connectivity index (χ3v) is 4.33. The van der Waals surface area contributed by atoms with Gasteiger partial charge in [0.25, 0.3) is 0 Å². The van der Waals surface area contributed by atoms with Crippen LogP contribution in [0.3, 0.4) is 0 Å². The molecule has 0 saturated heterocycles. The summed E-state index contributed by atoms with van der Waals surface area (Å²) in [5.41, 5.74) is 1.03. The zero-order chi connectivity index (χ0) is 13.1. The molecule has 1 aliphatic carbocycles. The molecule has 18 heavy (non-hydrogen) atoms. The Morgan fingerprint density at radius 2 is 2.11 bits per heavy atom. The standard InChI is InChI=1S/C14H22ClN3/c1-4-11-13(15)16-8-17-14(11)18-12-6-5-9(2)7-10(12)3/h8-10,12H,4-7H2,1-3H3,(H,16,17,18). The molecule has 0 bridgehead atoms.